The molecule has 23 heavy (non-hydrogen) atoms. The Morgan fingerprint density at radius 2 is 2.09 bits per heavy atom. The van der Waals surface area contributed by atoms with Crippen LogP contribution in [0.25, 0.3) is 0 Å². The summed E-state index contributed by atoms with van der Waals surface area (Å²) in [5.41, 5.74) is 0. The van der Waals surface area contributed by atoms with Gasteiger partial charge in [-0.15, -0.1) is 5.10 Å². The Kier molecular flexibility index (Phi) is 5.02. The summed E-state index contributed by atoms with van der Waals surface area (Å²) in [5.74, 6) is 0.925. The lowest BCUT2D eigenvalue weighted by molar-refractivity contribution is 0.0952. The van der Waals surface area contributed by atoms with Gasteiger partial charge in [0, 0.05) is 32.0 Å². The molecular weight excluding hydrogens is 292 g/mol. The lowest BCUT2D eigenvalue weighted by Gasteiger charge is -2.38. The first-order valence-electron chi connectivity index (χ1n) is 8.29. The summed E-state index contributed by atoms with van der Waals surface area (Å²) in [5, 5.41) is 16.1. The third-order valence-corrected chi connectivity index (χ3v) is 4.98. The summed E-state index contributed by atoms with van der Waals surface area (Å²) < 4.78 is 3.77. The Morgan fingerprint density at radius 1 is 1.30 bits per heavy atom. The SMILES string of the molecule is CC(c1nnnn1C)N(C)C1CCN(CCn2cccn2)CC1. The Hall–Kier alpha value is -1.80. The van der Waals surface area contributed by atoms with Gasteiger partial charge in [-0.2, -0.15) is 5.10 Å². The van der Waals surface area contributed by atoms with E-state index in [0.717, 1.165) is 32.0 Å². The lowest BCUT2D eigenvalue weighted by atomic mass is 10.0. The molecule has 0 N–H and O–H groups in total. The van der Waals surface area contributed by atoms with Gasteiger partial charge in [0.2, 0.25) is 0 Å². The van der Waals surface area contributed by atoms with E-state index in [1.807, 2.05) is 30.2 Å². The van der Waals surface area contributed by atoms with Crippen molar-refractivity contribution < 1.29 is 0 Å². The monoisotopic (exact) mass is 318 g/mol. The van der Waals surface area contributed by atoms with E-state index in [1.54, 1.807) is 4.68 Å². The summed E-state index contributed by atoms with van der Waals surface area (Å²) in [7, 11) is 4.08. The maximum absolute atomic E-state index is 4.26. The molecular formula is C15H26N8. The van der Waals surface area contributed by atoms with E-state index >= 15 is 0 Å². The van der Waals surface area contributed by atoms with Crippen LogP contribution in [0.1, 0.15) is 31.6 Å². The van der Waals surface area contributed by atoms with Crippen molar-refractivity contribution in [2.45, 2.75) is 38.4 Å². The molecule has 1 unspecified atom stereocenters. The van der Waals surface area contributed by atoms with Crippen LogP contribution in [0.5, 0.6) is 0 Å². The third kappa shape index (κ3) is 3.76. The number of aromatic nitrogens is 6. The molecule has 1 fully saturated rings. The standard InChI is InChI=1S/C15H26N8/c1-13(15-17-18-19-21(15)3)20(2)14-5-9-22(10-6-14)11-12-23-8-4-7-16-23/h4,7-8,13-14H,5-6,9-12H2,1-3H3. The van der Waals surface area contributed by atoms with Crippen LogP contribution < -0.4 is 0 Å². The molecule has 8 heteroatoms. The average molecular weight is 318 g/mol. The maximum Gasteiger partial charge on any atom is 0.167 e. The van der Waals surface area contributed by atoms with E-state index in [4.69, 9.17) is 0 Å². The van der Waals surface area contributed by atoms with Crippen molar-refractivity contribution in [3.8, 4) is 0 Å². The van der Waals surface area contributed by atoms with Gasteiger partial charge in [-0.05, 0) is 56.4 Å². The molecule has 0 amide bonds. The van der Waals surface area contributed by atoms with Crippen molar-refractivity contribution in [1.29, 1.82) is 0 Å². The predicted molar refractivity (Wildman–Crippen MR) is 86.7 cm³/mol. The second kappa shape index (κ2) is 7.18. The smallest absolute Gasteiger partial charge is 0.167 e. The molecule has 0 radical (unpaired) electrons. The second-order valence-corrected chi connectivity index (χ2v) is 6.34. The molecule has 1 saturated heterocycles. The molecule has 126 valence electrons. The highest BCUT2D eigenvalue weighted by atomic mass is 15.5. The van der Waals surface area contributed by atoms with Crippen LogP contribution in [-0.4, -0.2) is 72.5 Å². The molecule has 3 heterocycles. The average Bonchev–Trinajstić information content (AvgIpc) is 3.23. The Labute approximate surface area is 137 Å². The Balaban J connectivity index is 1.47. The molecule has 0 saturated carbocycles. The number of hydrogen-bond donors (Lipinski definition) is 0. The number of likely N-dealkylation sites (tertiary alicyclic amines) is 1. The highest BCUT2D eigenvalue weighted by Crippen LogP contribution is 2.23. The van der Waals surface area contributed by atoms with E-state index < -0.39 is 0 Å². The number of rotatable bonds is 6. The van der Waals surface area contributed by atoms with Crippen molar-refractivity contribution in [2.24, 2.45) is 7.05 Å². The van der Waals surface area contributed by atoms with Crippen LogP contribution in [0.3, 0.4) is 0 Å². The maximum atomic E-state index is 4.26. The Morgan fingerprint density at radius 3 is 2.70 bits per heavy atom. The number of tetrazole rings is 1. The van der Waals surface area contributed by atoms with Crippen LogP contribution in [0, 0.1) is 0 Å². The van der Waals surface area contributed by atoms with E-state index in [0.29, 0.717) is 6.04 Å². The highest BCUT2D eigenvalue weighted by Gasteiger charge is 2.27. The Bertz CT molecular complexity index is 584. The molecule has 1 aliphatic heterocycles. The fourth-order valence-electron chi connectivity index (χ4n) is 3.32. The molecule has 0 spiro atoms. The van der Waals surface area contributed by atoms with Gasteiger partial charge >= 0.3 is 0 Å². The van der Waals surface area contributed by atoms with Crippen LogP contribution in [0.2, 0.25) is 0 Å². The van der Waals surface area contributed by atoms with Crippen LogP contribution in [-0.2, 0) is 13.6 Å². The predicted octanol–water partition coefficient (Wildman–Crippen LogP) is 0.564. The van der Waals surface area contributed by atoms with Gasteiger partial charge in [-0.25, -0.2) is 4.68 Å². The van der Waals surface area contributed by atoms with Crippen molar-refractivity contribution in [2.75, 3.05) is 26.7 Å². The first kappa shape index (κ1) is 16.1. The minimum atomic E-state index is 0.232. The second-order valence-electron chi connectivity index (χ2n) is 6.34. The topological polar surface area (TPSA) is 67.9 Å². The molecule has 8 nitrogen and oxygen atoms in total. The van der Waals surface area contributed by atoms with E-state index in [-0.39, 0.29) is 6.04 Å². The zero-order valence-electron chi connectivity index (χ0n) is 14.2. The molecule has 2 aromatic rings. The van der Waals surface area contributed by atoms with Crippen LogP contribution >= 0.6 is 0 Å². The normalized spacial score (nSPS) is 18.6. The van der Waals surface area contributed by atoms with Crippen LogP contribution in [0.4, 0.5) is 0 Å². The fraction of sp³-hybridized carbons (Fsp3) is 0.733. The first-order chi connectivity index (χ1) is 11.1. The third-order valence-electron chi connectivity index (χ3n) is 4.98. The van der Waals surface area contributed by atoms with E-state index in [2.05, 4.69) is 44.4 Å². The summed E-state index contributed by atoms with van der Waals surface area (Å²) in [6, 6.07) is 2.79. The molecule has 0 aromatic carbocycles. The van der Waals surface area contributed by atoms with Gasteiger partial charge < -0.3 is 4.90 Å². The first-order valence-corrected chi connectivity index (χ1v) is 8.29. The van der Waals surface area contributed by atoms with Gasteiger partial charge in [-0.1, -0.05) is 0 Å². The van der Waals surface area contributed by atoms with Crippen molar-refractivity contribution >= 4 is 0 Å². The molecule has 0 bridgehead atoms. The molecule has 0 aliphatic carbocycles. The van der Waals surface area contributed by atoms with Crippen LogP contribution in [0.15, 0.2) is 18.5 Å². The fourth-order valence-corrected chi connectivity index (χ4v) is 3.32. The number of piperidine rings is 1. The quantitative estimate of drug-likeness (QED) is 0.775. The van der Waals surface area contributed by atoms with Gasteiger partial charge in [0.05, 0.1) is 12.6 Å². The van der Waals surface area contributed by atoms with Crippen molar-refractivity contribution in [1.82, 2.24) is 39.8 Å². The highest BCUT2D eigenvalue weighted by molar-refractivity contribution is 4.92. The molecule has 3 rings (SSSR count). The number of nitrogens with zero attached hydrogens (tertiary/aromatic N) is 8. The van der Waals surface area contributed by atoms with Gasteiger partial charge in [0.25, 0.3) is 0 Å². The van der Waals surface area contributed by atoms with E-state index in [9.17, 15) is 0 Å². The summed E-state index contributed by atoms with van der Waals surface area (Å²) in [4.78, 5) is 4.94. The summed E-state index contributed by atoms with van der Waals surface area (Å²) in [6.07, 6.45) is 6.23. The van der Waals surface area contributed by atoms with Crippen molar-refractivity contribution in [3.05, 3.63) is 24.3 Å². The summed E-state index contributed by atoms with van der Waals surface area (Å²) >= 11 is 0. The minimum absolute atomic E-state index is 0.232. The lowest BCUT2D eigenvalue weighted by Crippen LogP contribution is -2.45. The van der Waals surface area contributed by atoms with Gasteiger partial charge in [0.1, 0.15) is 0 Å². The van der Waals surface area contributed by atoms with E-state index in [1.165, 1.54) is 12.8 Å². The number of hydrogen-bond acceptors (Lipinski definition) is 6. The summed E-state index contributed by atoms with van der Waals surface area (Å²) in [6.45, 7) is 6.49. The zero-order chi connectivity index (χ0) is 16.2. The van der Waals surface area contributed by atoms with Crippen molar-refractivity contribution in [3.63, 3.8) is 0 Å². The van der Waals surface area contributed by atoms with Gasteiger partial charge in [0.15, 0.2) is 5.82 Å². The zero-order valence-corrected chi connectivity index (χ0v) is 14.2. The molecule has 1 aliphatic rings. The van der Waals surface area contributed by atoms with Gasteiger partial charge in [-0.3, -0.25) is 9.58 Å². The molecule has 2 aromatic heterocycles. The molecule has 1 atom stereocenters. The number of aryl methyl sites for hydroxylation is 1. The minimum Gasteiger partial charge on any atom is -0.301 e. The largest absolute Gasteiger partial charge is 0.301 e.